The molecule has 4 rings (SSSR count). The zero-order chi connectivity index (χ0) is 16.4. The number of rotatable bonds is 4. The predicted octanol–water partition coefficient (Wildman–Crippen LogP) is 2.64. The quantitative estimate of drug-likeness (QED) is 0.627. The van der Waals surface area contributed by atoms with Crippen LogP contribution in [0.4, 0.5) is 4.39 Å². The summed E-state index contributed by atoms with van der Waals surface area (Å²) in [4.78, 5) is 16.2. The van der Waals surface area contributed by atoms with Crippen molar-refractivity contribution in [3.05, 3.63) is 77.9 Å². The average molecular weight is 323 g/mol. The first-order valence-electron chi connectivity index (χ1n) is 7.46. The highest BCUT2D eigenvalue weighted by Gasteiger charge is 2.08. The third-order valence-electron chi connectivity index (χ3n) is 3.70. The molecule has 7 heteroatoms. The fourth-order valence-electron chi connectivity index (χ4n) is 2.51. The standard InChI is InChI=1S/C17H14FN5O/c18-14-6-2-1-4-12(14)9-23-11-22-16(15-17(23)21-10-20-15)19-8-13-5-3-7-24-13/h1-7,10-11H,8-9H2,(H,20,21). The van der Waals surface area contributed by atoms with E-state index in [0.29, 0.717) is 35.3 Å². The van der Waals surface area contributed by atoms with Crippen molar-refractivity contribution < 1.29 is 8.81 Å². The maximum atomic E-state index is 13.9. The lowest BCUT2D eigenvalue weighted by atomic mass is 10.2. The van der Waals surface area contributed by atoms with E-state index in [2.05, 4.69) is 19.9 Å². The Kier molecular flexibility index (Phi) is 3.66. The van der Waals surface area contributed by atoms with Gasteiger partial charge in [0.15, 0.2) is 11.1 Å². The number of furan rings is 1. The van der Waals surface area contributed by atoms with Gasteiger partial charge in [-0.1, -0.05) is 18.2 Å². The van der Waals surface area contributed by atoms with Crippen LogP contribution in [0.25, 0.3) is 11.2 Å². The zero-order valence-electron chi connectivity index (χ0n) is 12.7. The second kappa shape index (κ2) is 6.11. The molecule has 0 aliphatic heterocycles. The first-order chi connectivity index (χ1) is 11.8. The van der Waals surface area contributed by atoms with E-state index < -0.39 is 0 Å². The van der Waals surface area contributed by atoms with E-state index in [1.165, 1.54) is 6.07 Å². The second-order valence-corrected chi connectivity index (χ2v) is 5.28. The first-order valence-corrected chi connectivity index (χ1v) is 7.46. The summed E-state index contributed by atoms with van der Waals surface area (Å²) in [5.74, 6) is 0.507. The van der Waals surface area contributed by atoms with E-state index in [9.17, 15) is 4.39 Å². The lowest BCUT2D eigenvalue weighted by Gasteiger charge is -2.08. The van der Waals surface area contributed by atoms with Gasteiger partial charge in [0.05, 0.1) is 32.0 Å². The van der Waals surface area contributed by atoms with Gasteiger partial charge in [-0.2, -0.15) is 0 Å². The van der Waals surface area contributed by atoms with Crippen molar-refractivity contribution in [1.29, 1.82) is 0 Å². The van der Waals surface area contributed by atoms with Crippen LogP contribution in [0.1, 0.15) is 11.3 Å². The fraction of sp³-hybridized carbons (Fsp3) is 0.118. The molecule has 0 aliphatic rings. The van der Waals surface area contributed by atoms with Crippen LogP contribution in [0.15, 0.2) is 64.7 Å². The van der Waals surface area contributed by atoms with Crippen molar-refractivity contribution in [3.8, 4) is 0 Å². The van der Waals surface area contributed by atoms with E-state index in [1.54, 1.807) is 41.7 Å². The number of benzene rings is 1. The van der Waals surface area contributed by atoms with E-state index >= 15 is 0 Å². The van der Waals surface area contributed by atoms with Gasteiger partial charge in [-0.05, 0) is 18.2 Å². The molecule has 0 atom stereocenters. The third kappa shape index (κ3) is 2.71. The second-order valence-electron chi connectivity index (χ2n) is 5.28. The van der Waals surface area contributed by atoms with Crippen LogP contribution in [0.3, 0.4) is 0 Å². The molecule has 0 spiro atoms. The normalized spacial score (nSPS) is 12.1. The minimum atomic E-state index is -0.250. The Hall–Kier alpha value is -3.22. The van der Waals surface area contributed by atoms with Crippen molar-refractivity contribution in [1.82, 2.24) is 19.5 Å². The van der Waals surface area contributed by atoms with Gasteiger partial charge in [-0.3, -0.25) is 4.99 Å². The van der Waals surface area contributed by atoms with Crippen molar-refractivity contribution >= 4 is 11.2 Å². The third-order valence-corrected chi connectivity index (χ3v) is 3.70. The van der Waals surface area contributed by atoms with Crippen molar-refractivity contribution in [2.45, 2.75) is 13.1 Å². The maximum Gasteiger partial charge on any atom is 0.177 e. The van der Waals surface area contributed by atoms with Gasteiger partial charge in [0.25, 0.3) is 0 Å². The highest BCUT2D eigenvalue weighted by molar-refractivity contribution is 5.68. The van der Waals surface area contributed by atoms with Crippen LogP contribution >= 0.6 is 0 Å². The Labute approximate surface area is 136 Å². The highest BCUT2D eigenvalue weighted by Crippen LogP contribution is 2.11. The van der Waals surface area contributed by atoms with Gasteiger partial charge in [-0.25, -0.2) is 14.4 Å². The lowest BCUT2D eigenvalue weighted by molar-refractivity contribution is 0.510. The van der Waals surface area contributed by atoms with Gasteiger partial charge >= 0.3 is 0 Å². The molecule has 3 heterocycles. The summed E-state index contributed by atoms with van der Waals surface area (Å²) >= 11 is 0. The van der Waals surface area contributed by atoms with E-state index in [1.807, 2.05) is 12.1 Å². The Morgan fingerprint density at radius 2 is 2.08 bits per heavy atom. The van der Waals surface area contributed by atoms with Crippen LogP contribution in [-0.4, -0.2) is 19.5 Å². The number of nitrogens with one attached hydrogen (secondary N) is 1. The lowest BCUT2D eigenvalue weighted by Crippen LogP contribution is -2.15. The van der Waals surface area contributed by atoms with Crippen LogP contribution in [0, 0.1) is 5.82 Å². The summed E-state index contributed by atoms with van der Waals surface area (Å²) in [5, 5.41) is 0. The molecule has 0 amide bonds. The molecule has 0 saturated carbocycles. The Bertz CT molecular complexity index is 1030. The Balaban J connectivity index is 1.72. The summed E-state index contributed by atoms with van der Waals surface area (Å²) < 4.78 is 20.9. The molecular formula is C17H14FN5O. The molecule has 6 nitrogen and oxygen atoms in total. The zero-order valence-corrected chi connectivity index (χ0v) is 12.7. The van der Waals surface area contributed by atoms with Gasteiger partial charge in [0, 0.05) is 5.56 Å². The van der Waals surface area contributed by atoms with Crippen LogP contribution in [0.5, 0.6) is 0 Å². The molecule has 1 N–H and O–H groups in total. The number of aromatic nitrogens is 4. The maximum absolute atomic E-state index is 13.9. The van der Waals surface area contributed by atoms with Gasteiger partial charge in [0.1, 0.15) is 17.1 Å². The van der Waals surface area contributed by atoms with Crippen molar-refractivity contribution in [3.63, 3.8) is 0 Å². The number of nitrogens with zero attached hydrogens (tertiary/aromatic N) is 4. The van der Waals surface area contributed by atoms with Crippen LogP contribution in [-0.2, 0) is 13.1 Å². The minimum absolute atomic E-state index is 0.250. The molecule has 120 valence electrons. The summed E-state index contributed by atoms with van der Waals surface area (Å²) in [6, 6.07) is 10.3. The summed E-state index contributed by atoms with van der Waals surface area (Å²) in [5.41, 5.74) is 2.50. The monoisotopic (exact) mass is 323 g/mol. The summed E-state index contributed by atoms with van der Waals surface area (Å²) in [6.07, 6.45) is 4.81. The molecule has 24 heavy (non-hydrogen) atoms. The summed E-state index contributed by atoms with van der Waals surface area (Å²) in [6.45, 7) is 0.741. The number of imidazole rings is 1. The number of aromatic amines is 1. The molecular weight excluding hydrogens is 309 g/mol. The molecule has 1 aromatic carbocycles. The first kappa shape index (κ1) is 14.4. The Morgan fingerprint density at radius 3 is 2.92 bits per heavy atom. The largest absolute Gasteiger partial charge is 0.467 e. The molecule has 0 unspecified atom stereocenters. The predicted molar refractivity (Wildman–Crippen MR) is 85.4 cm³/mol. The topological polar surface area (TPSA) is 72.0 Å². The average Bonchev–Trinajstić information content (AvgIpc) is 3.27. The van der Waals surface area contributed by atoms with E-state index in [0.717, 1.165) is 5.76 Å². The molecule has 0 radical (unpaired) electrons. The number of hydrogen-bond acceptors (Lipinski definition) is 4. The molecule has 0 fully saturated rings. The molecule has 0 bridgehead atoms. The van der Waals surface area contributed by atoms with Crippen LogP contribution in [0.2, 0.25) is 0 Å². The van der Waals surface area contributed by atoms with Crippen LogP contribution < -0.4 is 5.49 Å². The molecule has 4 aromatic rings. The SMILES string of the molecule is Fc1ccccc1Cn1cnc(=NCc2ccco2)c2[nH]cnc21. The Morgan fingerprint density at radius 1 is 1.17 bits per heavy atom. The molecule has 3 aromatic heterocycles. The fourth-order valence-corrected chi connectivity index (χ4v) is 2.51. The van der Waals surface area contributed by atoms with Crippen molar-refractivity contribution in [2.24, 2.45) is 4.99 Å². The minimum Gasteiger partial charge on any atom is -0.467 e. The number of hydrogen-bond donors (Lipinski definition) is 1. The van der Waals surface area contributed by atoms with Gasteiger partial charge < -0.3 is 14.0 Å². The van der Waals surface area contributed by atoms with Crippen molar-refractivity contribution in [2.75, 3.05) is 0 Å². The van der Waals surface area contributed by atoms with Gasteiger partial charge in [-0.15, -0.1) is 0 Å². The number of fused-ring (bicyclic) bond motifs is 1. The van der Waals surface area contributed by atoms with E-state index in [-0.39, 0.29) is 5.82 Å². The van der Waals surface area contributed by atoms with E-state index in [4.69, 9.17) is 4.42 Å². The number of H-pyrrole nitrogens is 1. The highest BCUT2D eigenvalue weighted by atomic mass is 19.1. The van der Waals surface area contributed by atoms with Gasteiger partial charge in [0.2, 0.25) is 0 Å². The molecule has 0 saturated heterocycles. The summed E-state index contributed by atoms with van der Waals surface area (Å²) in [7, 11) is 0. The molecule has 0 aliphatic carbocycles. The smallest absolute Gasteiger partial charge is 0.177 e. The number of halogens is 1.